The molecule has 0 N–H and O–H groups in total. The van der Waals surface area contributed by atoms with Crippen LogP contribution in [0, 0.1) is 0 Å². The van der Waals surface area contributed by atoms with E-state index < -0.39 is 0 Å². The van der Waals surface area contributed by atoms with E-state index in [4.69, 9.17) is 4.42 Å². The second-order valence-corrected chi connectivity index (χ2v) is 14.1. The van der Waals surface area contributed by atoms with Gasteiger partial charge in [0.05, 0.1) is 0 Å². The van der Waals surface area contributed by atoms with Crippen LogP contribution in [0.3, 0.4) is 0 Å². The predicted octanol–water partition coefficient (Wildman–Crippen LogP) is 13.3. The molecule has 1 aliphatic carbocycles. The highest BCUT2D eigenvalue weighted by Gasteiger charge is 2.39. The van der Waals surface area contributed by atoms with Crippen LogP contribution in [0.1, 0.15) is 25.0 Å². The molecule has 11 rings (SSSR count). The lowest BCUT2D eigenvalue weighted by Gasteiger charge is -2.24. The Bertz CT molecular complexity index is 2910. The van der Waals surface area contributed by atoms with Crippen LogP contribution in [-0.2, 0) is 5.41 Å². The molecular formula is C47H30O. The maximum absolute atomic E-state index is 6.43. The van der Waals surface area contributed by atoms with Crippen LogP contribution >= 0.6 is 0 Å². The number of hydrogen-bond donors (Lipinski definition) is 0. The summed E-state index contributed by atoms with van der Waals surface area (Å²) in [5, 5.41) is 12.8. The summed E-state index contributed by atoms with van der Waals surface area (Å²) in [5.41, 5.74) is 12.0. The fourth-order valence-electron chi connectivity index (χ4n) is 8.92. The molecule has 0 fully saturated rings. The van der Waals surface area contributed by atoms with Crippen LogP contribution in [0.25, 0.3) is 98.4 Å². The van der Waals surface area contributed by atoms with Gasteiger partial charge in [-0.15, -0.1) is 0 Å². The molecule has 1 aliphatic rings. The van der Waals surface area contributed by atoms with Crippen molar-refractivity contribution in [2.75, 3.05) is 0 Å². The number of para-hydroxylation sites is 1. The summed E-state index contributed by atoms with van der Waals surface area (Å²) in [5.74, 6) is 0. The highest BCUT2D eigenvalue weighted by molar-refractivity contribution is 6.23. The van der Waals surface area contributed by atoms with Gasteiger partial charge in [0.1, 0.15) is 11.2 Å². The van der Waals surface area contributed by atoms with Crippen LogP contribution < -0.4 is 0 Å². The first kappa shape index (κ1) is 26.2. The fraction of sp³-hybridized carbons (Fsp3) is 0.0638. The first-order valence-corrected chi connectivity index (χ1v) is 16.8. The van der Waals surface area contributed by atoms with Crippen LogP contribution in [-0.4, -0.2) is 0 Å². The summed E-state index contributed by atoms with van der Waals surface area (Å²) in [7, 11) is 0. The van der Waals surface area contributed by atoms with Gasteiger partial charge in [0.15, 0.2) is 0 Å². The molecule has 1 aromatic heterocycles. The first-order chi connectivity index (χ1) is 23.5. The summed E-state index contributed by atoms with van der Waals surface area (Å²) in [6, 6.07) is 54.0. The van der Waals surface area contributed by atoms with Crippen molar-refractivity contribution in [2.45, 2.75) is 19.3 Å². The van der Waals surface area contributed by atoms with Gasteiger partial charge >= 0.3 is 0 Å². The summed E-state index contributed by atoms with van der Waals surface area (Å²) in [6.45, 7) is 4.81. The predicted molar refractivity (Wildman–Crippen MR) is 203 cm³/mol. The van der Waals surface area contributed by atoms with Crippen molar-refractivity contribution in [1.29, 1.82) is 0 Å². The topological polar surface area (TPSA) is 13.1 Å². The van der Waals surface area contributed by atoms with E-state index in [1.807, 2.05) is 6.07 Å². The molecule has 0 unspecified atom stereocenters. The average Bonchev–Trinajstić information content (AvgIpc) is 3.61. The lowest BCUT2D eigenvalue weighted by Crippen LogP contribution is -2.15. The van der Waals surface area contributed by atoms with Crippen molar-refractivity contribution in [2.24, 2.45) is 0 Å². The molecule has 0 amide bonds. The number of fused-ring (bicyclic) bond motifs is 8. The minimum Gasteiger partial charge on any atom is -0.456 e. The van der Waals surface area contributed by atoms with E-state index >= 15 is 0 Å². The fourth-order valence-corrected chi connectivity index (χ4v) is 8.92. The smallest absolute Gasteiger partial charge is 0.136 e. The van der Waals surface area contributed by atoms with Gasteiger partial charge in [0, 0.05) is 16.2 Å². The third kappa shape index (κ3) is 3.40. The van der Waals surface area contributed by atoms with Gasteiger partial charge in [-0.2, -0.15) is 0 Å². The third-order valence-electron chi connectivity index (χ3n) is 11.1. The Kier molecular flexibility index (Phi) is 4.97. The van der Waals surface area contributed by atoms with Crippen molar-refractivity contribution in [3.63, 3.8) is 0 Å². The molecule has 224 valence electrons. The zero-order valence-corrected chi connectivity index (χ0v) is 26.8. The molecule has 0 atom stereocenters. The van der Waals surface area contributed by atoms with Crippen molar-refractivity contribution in [3.8, 4) is 33.4 Å². The van der Waals surface area contributed by atoms with E-state index in [1.54, 1.807) is 0 Å². The molecule has 0 aliphatic heterocycles. The second kappa shape index (κ2) is 9.12. The van der Waals surface area contributed by atoms with Crippen molar-refractivity contribution >= 4 is 65.0 Å². The minimum absolute atomic E-state index is 0.185. The molecule has 1 nitrogen and oxygen atoms in total. The Morgan fingerprint density at radius 2 is 1.04 bits per heavy atom. The number of rotatable bonds is 2. The lowest BCUT2D eigenvalue weighted by molar-refractivity contribution is 0.666. The molecule has 48 heavy (non-hydrogen) atoms. The molecule has 1 heteroatoms. The van der Waals surface area contributed by atoms with Crippen LogP contribution in [0.4, 0.5) is 0 Å². The summed E-state index contributed by atoms with van der Waals surface area (Å²) in [4.78, 5) is 0. The van der Waals surface area contributed by atoms with Gasteiger partial charge in [0.2, 0.25) is 0 Å². The largest absolute Gasteiger partial charge is 0.456 e. The second-order valence-electron chi connectivity index (χ2n) is 14.1. The molecule has 0 radical (unpaired) electrons. The summed E-state index contributed by atoms with van der Waals surface area (Å²) in [6.07, 6.45) is 0. The normalized spacial score (nSPS) is 13.8. The molecule has 0 saturated heterocycles. The highest BCUT2D eigenvalue weighted by Crippen LogP contribution is 2.56. The van der Waals surface area contributed by atoms with Gasteiger partial charge in [-0.3, -0.25) is 0 Å². The Morgan fingerprint density at radius 1 is 0.417 bits per heavy atom. The van der Waals surface area contributed by atoms with E-state index in [0.29, 0.717) is 0 Å². The minimum atomic E-state index is -0.185. The summed E-state index contributed by atoms with van der Waals surface area (Å²) >= 11 is 0. The standard InChI is InChI=1S/C47H30O/c1-47(2)40-25-34(33-22-31-16-14-28-9-7-10-29-15-17-32(23-33)44(31)43(28)29)24-39(45(40)38-21-18-27-8-3-4-11-35(27)46(38)47)30-19-20-37-36-12-5-6-13-41(36)48-42(37)26-30/h3-26H,1-2H3. The molecule has 0 spiro atoms. The van der Waals surface area contributed by atoms with Gasteiger partial charge in [-0.1, -0.05) is 117 Å². The molecule has 0 saturated carbocycles. The summed E-state index contributed by atoms with van der Waals surface area (Å²) < 4.78 is 6.43. The van der Waals surface area contributed by atoms with Crippen LogP contribution in [0.5, 0.6) is 0 Å². The van der Waals surface area contributed by atoms with Crippen molar-refractivity contribution in [3.05, 3.63) is 157 Å². The van der Waals surface area contributed by atoms with Crippen LogP contribution in [0.2, 0.25) is 0 Å². The van der Waals surface area contributed by atoms with E-state index in [2.05, 4.69) is 153 Å². The van der Waals surface area contributed by atoms with Gasteiger partial charge in [-0.25, -0.2) is 0 Å². The molecule has 1 heterocycles. The zero-order valence-electron chi connectivity index (χ0n) is 26.8. The maximum atomic E-state index is 6.43. The molecule has 0 bridgehead atoms. The molecule has 9 aromatic carbocycles. The Balaban J connectivity index is 1.22. The van der Waals surface area contributed by atoms with E-state index in [-0.39, 0.29) is 5.41 Å². The van der Waals surface area contributed by atoms with E-state index in [9.17, 15) is 0 Å². The van der Waals surface area contributed by atoms with Crippen molar-refractivity contribution < 1.29 is 4.42 Å². The lowest BCUT2D eigenvalue weighted by atomic mass is 9.79. The van der Waals surface area contributed by atoms with Gasteiger partial charge < -0.3 is 4.42 Å². The van der Waals surface area contributed by atoms with E-state index in [0.717, 1.165) is 21.9 Å². The maximum Gasteiger partial charge on any atom is 0.136 e. The Hall–Kier alpha value is -5.92. The first-order valence-electron chi connectivity index (χ1n) is 16.8. The van der Waals surface area contributed by atoms with Crippen LogP contribution in [0.15, 0.2) is 150 Å². The monoisotopic (exact) mass is 610 g/mol. The zero-order chi connectivity index (χ0) is 31.7. The third-order valence-corrected chi connectivity index (χ3v) is 11.1. The molecule has 10 aromatic rings. The van der Waals surface area contributed by atoms with Gasteiger partial charge in [-0.05, 0) is 130 Å². The highest BCUT2D eigenvalue weighted by atomic mass is 16.3. The Labute approximate surface area is 278 Å². The average molecular weight is 611 g/mol. The number of benzene rings is 9. The SMILES string of the molecule is CC1(C)c2cc(-c3cc4ccc5cccc6ccc(c3)c4c56)cc(-c3ccc4c(c3)oc3ccccc34)c2-c2ccc3ccccc3c21. The van der Waals surface area contributed by atoms with E-state index in [1.165, 1.54) is 87.6 Å². The number of furan rings is 1. The number of hydrogen-bond acceptors (Lipinski definition) is 1. The van der Waals surface area contributed by atoms with Crippen molar-refractivity contribution in [1.82, 2.24) is 0 Å². The Morgan fingerprint density at radius 3 is 1.85 bits per heavy atom. The molecular weight excluding hydrogens is 581 g/mol. The van der Waals surface area contributed by atoms with Gasteiger partial charge in [0.25, 0.3) is 0 Å². The quantitative estimate of drug-likeness (QED) is 0.178.